The minimum absolute atomic E-state index is 0.419. The third-order valence-corrected chi connectivity index (χ3v) is 3.95. The number of hydrogen-bond donors (Lipinski definition) is 0. The summed E-state index contributed by atoms with van der Waals surface area (Å²) in [5, 5.41) is 0. The van der Waals surface area contributed by atoms with Crippen molar-refractivity contribution in [2.45, 2.75) is 58.4 Å². The molecule has 0 amide bonds. The molecule has 154 valence electrons. The van der Waals surface area contributed by atoms with Crippen LogP contribution in [0.1, 0.15) is 27.7 Å². The molecule has 0 aliphatic carbocycles. The second-order valence-electron chi connectivity index (χ2n) is 6.23. The Morgan fingerprint density at radius 3 is 1.75 bits per heavy atom. The van der Waals surface area contributed by atoms with Crippen LogP contribution in [0.4, 0.5) is 0 Å². The molecule has 0 aromatic heterocycles. The van der Waals surface area contributed by atoms with Crippen LogP contribution < -0.4 is 9.47 Å². The Hall–Kier alpha value is -2.81. The Kier molecular flexibility index (Phi) is 7.22. The van der Waals surface area contributed by atoms with Crippen LogP contribution in [0.5, 0.6) is 11.5 Å². The highest BCUT2D eigenvalue weighted by atomic mass is 16.7. The molecule has 28 heavy (non-hydrogen) atoms. The largest absolute Gasteiger partial charge is 0.497 e. The van der Waals surface area contributed by atoms with Crippen LogP contribution >= 0.6 is 0 Å². The van der Waals surface area contributed by atoms with Gasteiger partial charge in [0.25, 0.3) is 0 Å². The molecule has 1 aliphatic rings. The fourth-order valence-corrected chi connectivity index (χ4v) is 2.85. The average molecular weight is 396 g/mol. The molecule has 9 heteroatoms. The van der Waals surface area contributed by atoms with E-state index in [1.165, 1.54) is 27.9 Å². The van der Waals surface area contributed by atoms with Crippen molar-refractivity contribution in [1.29, 1.82) is 0 Å². The van der Waals surface area contributed by atoms with Gasteiger partial charge in [-0.1, -0.05) is 0 Å². The third-order valence-electron chi connectivity index (χ3n) is 3.95. The van der Waals surface area contributed by atoms with Crippen molar-refractivity contribution in [2.24, 2.45) is 0 Å². The van der Waals surface area contributed by atoms with E-state index in [1.54, 1.807) is 31.2 Å². The van der Waals surface area contributed by atoms with E-state index in [2.05, 4.69) is 0 Å². The molecular formula is C19H24O9. The van der Waals surface area contributed by atoms with E-state index in [0.717, 1.165) is 0 Å². The maximum absolute atomic E-state index is 11.6. The number of ether oxygens (including phenoxy) is 6. The number of carbonyl (C=O) groups excluding carboxylic acids is 3. The summed E-state index contributed by atoms with van der Waals surface area (Å²) in [6.07, 6.45) is -5.01. The highest BCUT2D eigenvalue weighted by Crippen LogP contribution is 2.30. The second-order valence-corrected chi connectivity index (χ2v) is 6.23. The second kappa shape index (κ2) is 9.41. The summed E-state index contributed by atoms with van der Waals surface area (Å²) in [7, 11) is 1.54. The molecule has 0 saturated carbocycles. The lowest BCUT2D eigenvalue weighted by Gasteiger charge is -2.43. The van der Waals surface area contributed by atoms with Crippen molar-refractivity contribution in [1.82, 2.24) is 0 Å². The van der Waals surface area contributed by atoms with Gasteiger partial charge in [-0.2, -0.15) is 0 Å². The predicted octanol–water partition coefficient (Wildman–Crippen LogP) is 1.61. The lowest BCUT2D eigenvalue weighted by Crippen LogP contribution is -2.62. The Morgan fingerprint density at radius 1 is 0.786 bits per heavy atom. The Bertz CT molecular complexity index is 700. The Morgan fingerprint density at radius 2 is 1.25 bits per heavy atom. The van der Waals surface area contributed by atoms with Gasteiger partial charge in [-0.25, -0.2) is 0 Å². The van der Waals surface area contributed by atoms with Crippen molar-refractivity contribution in [3.8, 4) is 11.5 Å². The fraction of sp³-hybridized carbons (Fsp3) is 0.526. The fourth-order valence-electron chi connectivity index (χ4n) is 2.85. The lowest BCUT2D eigenvalue weighted by atomic mass is 9.99. The number of esters is 3. The van der Waals surface area contributed by atoms with Gasteiger partial charge >= 0.3 is 17.9 Å². The van der Waals surface area contributed by atoms with Gasteiger partial charge in [0.2, 0.25) is 12.4 Å². The van der Waals surface area contributed by atoms with E-state index in [4.69, 9.17) is 28.4 Å². The topological polar surface area (TPSA) is 107 Å². The monoisotopic (exact) mass is 396 g/mol. The SMILES string of the molecule is COc1ccc(O[C@H]2O[C@H](C)[C@@H](OC(C)=O)[C@H](OC(C)=O)[C@@H]2OC(C)=O)cc1. The maximum atomic E-state index is 11.6. The van der Waals surface area contributed by atoms with Crippen molar-refractivity contribution in [2.75, 3.05) is 7.11 Å². The van der Waals surface area contributed by atoms with E-state index in [1.807, 2.05) is 0 Å². The van der Waals surface area contributed by atoms with E-state index >= 15 is 0 Å². The summed E-state index contributed by atoms with van der Waals surface area (Å²) in [6, 6.07) is 6.68. The summed E-state index contributed by atoms with van der Waals surface area (Å²) >= 11 is 0. The summed E-state index contributed by atoms with van der Waals surface area (Å²) in [6.45, 7) is 5.26. The molecule has 9 nitrogen and oxygen atoms in total. The van der Waals surface area contributed by atoms with Gasteiger partial charge in [0.15, 0.2) is 12.2 Å². The molecule has 1 aliphatic heterocycles. The highest BCUT2D eigenvalue weighted by molar-refractivity contribution is 5.68. The van der Waals surface area contributed by atoms with Crippen molar-refractivity contribution in [3.05, 3.63) is 24.3 Å². The van der Waals surface area contributed by atoms with Gasteiger partial charge in [0.1, 0.15) is 11.5 Å². The Balaban J connectivity index is 2.32. The van der Waals surface area contributed by atoms with Crippen LogP contribution in [0.25, 0.3) is 0 Å². The lowest BCUT2D eigenvalue weighted by molar-refractivity contribution is -0.280. The average Bonchev–Trinajstić information content (AvgIpc) is 2.61. The van der Waals surface area contributed by atoms with Crippen LogP contribution in [-0.2, 0) is 33.3 Å². The normalized spacial score (nSPS) is 26.7. The molecule has 2 rings (SSSR count). The first kappa shape index (κ1) is 21.5. The van der Waals surface area contributed by atoms with Crippen molar-refractivity contribution in [3.63, 3.8) is 0 Å². The van der Waals surface area contributed by atoms with Gasteiger partial charge in [0, 0.05) is 20.8 Å². The zero-order chi connectivity index (χ0) is 20.8. The third kappa shape index (κ3) is 5.59. The van der Waals surface area contributed by atoms with Crippen LogP contribution in [0.15, 0.2) is 24.3 Å². The molecule has 1 heterocycles. The molecule has 1 aromatic carbocycles. The van der Waals surface area contributed by atoms with Gasteiger partial charge in [-0.15, -0.1) is 0 Å². The number of rotatable bonds is 6. The van der Waals surface area contributed by atoms with Crippen LogP contribution in [0.3, 0.4) is 0 Å². The summed E-state index contributed by atoms with van der Waals surface area (Å²) in [4.78, 5) is 34.7. The zero-order valence-electron chi connectivity index (χ0n) is 16.4. The van der Waals surface area contributed by atoms with E-state index in [0.29, 0.717) is 11.5 Å². The molecular weight excluding hydrogens is 372 g/mol. The highest BCUT2D eigenvalue weighted by Gasteiger charge is 2.51. The molecule has 5 atom stereocenters. The van der Waals surface area contributed by atoms with Crippen molar-refractivity contribution >= 4 is 17.9 Å². The predicted molar refractivity (Wildman–Crippen MR) is 94.6 cm³/mol. The number of methoxy groups -OCH3 is 1. The first-order chi connectivity index (χ1) is 13.2. The standard InChI is InChI=1S/C19H24O9/c1-10-16(25-11(2)20)17(26-12(3)21)18(27-13(4)22)19(24-10)28-15-8-6-14(23-5)7-9-15/h6-10,16-19H,1-5H3/t10-,16-,17+,18+,19-/m1/s1. The number of benzene rings is 1. The molecule has 0 spiro atoms. The van der Waals surface area contributed by atoms with E-state index in [9.17, 15) is 14.4 Å². The molecule has 0 N–H and O–H groups in total. The first-order valence-corrected chi connectivity index (χ1v) is 8.69. The molecule has 1 aromatic rings. The summed E-state index contributed by atoms with van der Waals surface area (Å²) < 4.78 is 32.6. The molecule has 0 unspecified atom stereocenters. The van der Waals surface area contributed by atoms with Crippen molar-refractivity contribution < 1.29 is 42.8 Å². The Labute approximate surface area is 162 Å². The van der Waals surface area contributed by atoms with Crippen LogP contribution in [-0.4, -0.2) is 55.7 Å². The van der Waals surface area contributed by atoms with E-state index in [-0.39, 0.29) is 0 Å². The van der Waals surface area contributed by atoms with Gasteiger partial charge in [-0.05, 0) is 31.2 Å². The number of carbonyl (C=O) groups is 3. The quantitative estimate of drug-likeness (QED) is 0.523. The van der Waals surface area contributed by atoms with E-state index < -0.39 is 48.6 Å². The molecule has 1 saturated heterocycles. The maximum Gasteiger partial charge on any atom is 0.303 e. The summed E-state index contributed by atoms with van der Waals surface area (Å²) in [5.41, 5.74) is 0. The first-order valence-electron chi connectivity index (χ1n) is 8.69. The minimum Gasteiger partial charge on any atom is -0.497 e. The minimum atomic E-state index is -1.15. The summed E-state index contributed by atoms with van der Waals surface area (Å²) in [5.74, 6) is -0.798. The van der Waals surface area contributed by atoms with Gasteiger partial charge < -0.3 is 28.4 Å². The zero-order valence-corrected chi connectivity index (χ0v) is 16.4. The molecule has 1 fully saturated rings. The van der Waals surface area contributed by atoms with Gasteiger partial charge in [0.05, 0.1) is 13.2 Å². The smallest absolute Gasteiger partial charge is 0.303 e. The number of hydrogen-bond acceptors (Lipinski definition) is 9. The molecule has 0 radical (unpaired) electrons. The molecule has 0 bridgehead atoms. The van der Waals surface area contributed by atoms with Gasteiger partial charge in [-0.3, -0.25) is 14.4 Å². The van der Waals surface area contributed by atoms with Crippen LogP contribution in [0.2, 0.25) is 0 Å². The van der Waals surface area contributed by atoms with Crippen LogP contribution in [0, 0.1) is 0 Å².